The Labute approximate surface area is 145 Å². The predicted octanol–water partition coefficient (Wildman–Crippen LogP) is 3.16. The van der Waals surface area contributed by atoms with E-state index in [2.05, 4.69) is 15.2 Å². The highest BCUT2D eigenvalue weighted by molar-refractivity contribution is 6.35. The first kappa shape index (κ1) is 15.7. The highest BCUT2D eigenvalue weighted by Gasteiger charge is 2.27. The zero-order valence-electron chi connectivity index (χ0n) is 13.3. The second-order valence-corrected chi connectivity index (χ2v) is 7.15. The molecule has 1 saturated carbocycles. The summed E-state index contributed by atoms with van der Waals surface area (Å²) in [6, 6.07) is 7.62. The molecule has 1 aromatic carbocycles. The number of carboxylic acid groups (broad SMARTS) is 1. The Morgan fingerprint density at radius 3 is 2.88 bits per heavy atom. The van der Waals surface area contributed by atoms with Gasteiger partial charge in [0, 0.05) is 24.5 Å². The van der Waals surface area contributed by atoms with Gasteiger partial charge in [-0.3, -0.25) is 0 Å². The maximum Gasteiger partial charge on any atom is 0.337 e. The van der Waals surface area contributed by atoms with Gasteiger partial charge in [-0.25, -0.2) is 9.78 Å². The molecule has 2 aliphatic rings. The van der Waals surface area contributed by atoms with Crippen molar-refractivity contribution >= 4 is 34.3 Å². The fraction of sp³-hybridized carbons (Fsp3) is 0.444. The van der Waals surface area contributed by atoms with Crippen LogP contribution in [-0.4, -0.2) is 41.7 Å². The van der Waals surface area contributed by atoms with Crippen LogP contribution in [0.4, 0.5) is 5.82 Å². The van der Waals surface area contributed by atoms with Crippen LogP contribution < -0.4 is 10.2 Å². The molecule has 0 bridgehead atoms. The molecule has 2 fully saturated rings. The van der Waals surface area contributed by atoms with Crippen molar-refractivity contribution < 1.29 is 9.90 Å². The lowest BCUT2D eigenvalue weighted by molar-refractivity contribution is 0.0699. The van der Waals surface area contributed by atoms with Gasteiger partial charge in [0.15, 0.2) is 0 Å². The minimum absolute atomic E-state index is 0.124. The minimum Gasteiger partial charge on any atom is -0.478 e. The molecule has 0 radical (unpaired) electrons. The number of hydrogen-bond donors (Lipinski definition) is 2. The SMILES string of the molecule is O=C(O)c1c(Cl)ccc2nc(N3CCC(NCC4CC4)C3)ccc12. The summed E-state index contributed by atoms with van der Waals surface area (Å²) in [5.74, 6) is 0.763. The Hall–Kier alpha value is -1.85. The number of anilines is 1. The summed E-state index contributed by atoms with van der Waals surface area (Å²) in [7, 11) is 0. The average molecular weight is 346 g/mol. The molecule has 24 heavy (non-hydrogen) atoms. The molecule has 0 amide bonds. The molecule has 1 aliphatic carbocycles. The van der Waals surface area contributed by atoms with Crippen LogP contribution in [0.1, 0.15) is 29.6 Å². The van der Waals surface area contributed by atoms with Crippen LogP contribution in [0.2, 0.25) is 5.02 Å². The maximum atomic E-state index is 11.4. The lowest BCUT2D eigenvalue weighted by Crippen LogP contribution is -2.34. The topological polar surface area (TPSA) is 65.5 Å². The van der Waals surface area contributed by atoms with E-state index in [-0.39, 0.29) is 10.6 Å². The van der Waals surface area contributed by atoms with E-state index in [0.717, 1.165) is 37.8 Å². The van der Waals surface area contributed by atoms with Gasteiger partial charge in [-0.1, -0.05) is 11.6 Å². The number of carboxylic acids is 1. The first-order valence-corrected chi connectivity index (χ1v) is 8.80. The molecule has 1 aliphatic heterocycles. The smallest absolute Gasteiger partial charge is 0.337 e. The lowest BCUT2D eigenvalue weighted by atomic mass is 10.1. The monoisotopic (exact) mass is 345 g/mol. The summed E-state index contributed by atoms with van der Waals surface area (Å²) in [6.07, 6.45) is 3.85. The summed E-state index contributed by atoms with van der Waals surface area (Å²) >= 11 is 6.02. The number of carbonyl (C=O) groups is 1. The van der Waals surface area contributed by atoms with Crippen molar-refractivity contribution in [3.05, 3.63) is 34.9 Å². The Balaban J connectivity index is 1.55. The molecule has 1 unspecified atom stereocenters. The second-order valence-electron chi connectivity index (χ2n) is 6.75. The van der Waals surface area contributed by atoms with E-state index >= 15 is 0 Å². The summed E-state index contributed by atoms with van der Waals surface area (Å²) < 4.78 is 0. The molecule has 2 heterocycles. The number of aromatic nitrogens is 1. The van der Waals surface area contributed by atoms with Crippen LogP contribution in [0.15, 0.2) is 24.3 Å². The zero-order chi connectivity index (χ0) is 16.7. The van der Waals surface area contributed by atoms with Gasteiger partial charge >= 0.3 is 5.97 Å². The van der Waals surface area contributed by atoms with Gasteiger partial charge in [0.25, 0.3) is 0 Å². The number of nitrogens with one attached hydrogen (secondary N) is 1. The van der Waals surface area contributed by atoms with Gasteiger partial charge < -0.3 is 15.3 Å². The molecule has 6 heteroatoms. The number of halogens is 1. The van der Waals surface area contributed by atoms with E-state index < -0.39 is 5.97 Å². The standard InChI is InChI=1S/C18H20ClN3O2/c19-14-4-5-15-13(17(14)18(23)24)3-6-16(21-15)22-8-7-12(10-22)20-9-11-1-2-11/h3-6,11-12,20H,1-2,7-10H2,(H,23,24). The molecule has 2 aromatic rings. The van der Waals surface area contributed by atoms with Crippen LogP contribution in [0.25, 0.3) is 10.9 Å². The highest BCUT2D eigenvalue weighted by Crippen LogP contribution is 2.30. The first-order valence-electron chi connectivity index (χ1n) is 8.42. The number of fused-ring (bicyclic) bond motifs is 1. The number of aromatic carboxylic acids is 1. The van der Waals surface area contributed by atoms with Gasteiger partial charge in [-0.2, -0.15) is 0 Å². The lowest BCUT2D eigenvalue weighted by Gasteiger charge is -2.19. The van der Waals surface area contributed by atoms with E-state index in [4.69, 9.17) is 11.6 Å². The first-order chi connectivity index (χ1) is 11.6. The molecule has 1 atom stereocenters. The molecule has 126 valence electrons. The van der Waals surface area contributed by atoms with Gasteiger partial charge in [-0.05, 0) is 56.0 Å². The Bertz CT molecular complexity index is 791. The van der Waals surface area contributed by atoms with Crippen molar-refractivity contribution in [3.63, 3.8) is 0 Å². The Morgan fingerprint density at radius 2 is 2.12 bits per heavy atom. The van der Waals surface area contributed by atoms with Gasteiger partial charge in [0.1, 0.15) is 5.82 Å². The van der Waals surface area contributed by atoms with Gasteiger partial charge in [0.2, 0.25) is 0 Å². The van der Waals surface area contributed by atoms with E-state index in [1.807, 2.05) is 12.1 Å². The summed E-state index contributed by atoms with van der Waals surface area (Å²) in [5, 5.41) is 13.8. The van der Waals surface area contributed by atoms with Crippen LogP contribution in [0, 0.1) is 5.92 Å². The summed E-state index contributed by atoms with van der Waals surface area (Å²) in [5.41, 5.74) is 0.794. The predicted molar refractivity (Wildman–Crippen MR) is 95.1 cm³/mol. The number of hydrogen-bond acceptors (Lipinski definition) is 4. The normalized spacial score (nSPS) is 20.7. The van der Waals surface area contributed by atoms with E-state index in [1.165, 1.54) is 12.8 Å². The van der Waals surface area contributed by atoms with Crippen LogP contribution >= 0.6 is 11.6 Å². The minimum atomic E-state index is -1.02. The van der Waals surface area contributed by atoms with Crippen molar-refractivity contribution in [3.8, 4) is 0 Å². The van der Waals surface area contributed by atoms with Crippen molar-refractivity contribution in [1.82, 2.24) is 10.3 Å². The summed E-state index contributed by atoms with van der Waals surface area (Å²) in [4.78, 5) is 18.3. The number of nitrogens with zero attached hydrogens (tertiary/aromatic N) is 2. The quantitative estimate of drug-likeness (QED) is 0.871. The number of pyridine rings is 1. The number of benzene rings is 1. The third-order valence-electron chi connectivity index (χ3n) is 4.92. The second kappa shape index (κ2) is 6.22. The molecule has 1 aromatic heterocycles. The van der Waals surface area contributed by atoms with Crippen molar-refractivity contribution in [2.75, 3.05) is 24.5 Å². The molecule has 0 spiro atoms. The average Bonchev–Trinajstić information content (AvgIpc) is 3.28. The van der Waals surface area contributed by atoms with Crippen LogP contribution in [0.5, 0.6) is 0 Å². The largest absolute Gasteiger partial charge is 0.478 e. The third kappa shape index (κ3) is 3.06. The number of rotatable bonds is 5. The van der Waals surface area contributed by atoms with Crippen LogP contribution in [-0.2, 0) is 0 Å². The molecule has 1 saturated heterocycles. The Kier molecular flexibility index (Phi) is 4.06. The van der Waals surface area contributed by atoms with Gasteiger partial charge in [0.05, 0.1) is 16.1 Å². The molecular formula is C18H20ClN3O2. The fourth-order valence-electron chi connectivity index (χ4n) is 3.35. The fourth-order valence-corrected chi connectivity index (χ4v) is 3.60. The van der Waals surface area contributed by atoms with Crippen molar-refractivity contribution in [2.24, 2.45) is 5.92 Å². The molecular weight excluding hydrogens is 326 g/mol. The van der Waals surface area contributed by atoms with Crippen molar-refractivity contribution in [2.45, 2.75) is 25.3 Å². The van der Waals surface area contributed by atoms with Crippen LogP contribution in [0.3, 0.4) is 0 Å². The van der Waals surface area contributed by atoms with E-state index in [1.54, 1.807) is 12.1 Å². The molecule has 4 rings (SSSR count). The molecule has 5 nitrogen and oxygen atoms in total. The van der Waals surface area contributed by atoms with E-state index in [0.29, 0.717) is 16.9 Å². The molecule has 2 N–H and O–H groups in total. The van der Waals surface area contributed by atoms with E-state index in [9.17, 15) is 9.90 Å². The third-order valence-corrected chi connectivity index (χ3v) is 5.24. The Morgan fingerprint density at radius 1 is 1.29 bits per heavy atom. The summed E-state index contributed by atoms with van der Waals surface area (Å²) in [6.45, 7) is 3.05. The van der Waals surface area contributed by atoms with Gasteiger partial charge in [-0.15, -0.1) is 0 Å². The maximum absolute atomic E-state index is 11.4. The highest BCUT2D eigenvalue weighted by atomic mass is 35.5. The van der Waals surface area contributed by atoms with Crippen molar-refractivity contribution in [1.29, 1.82) is 0 Å². The zero-order valence-corrected chi connectivity index (χ0v) is 14.1.